The summed E-state index contributed by atoms with van der Waals surface area (Å²) in [6, 6.07) is 16.5. The molecule has 152 valence electrons. The van der Waals surface area contributed by atoms with Gasteiger partial charge >= 0.3 is 5.97 Å². The van der Waals surface area contributed by atoms with Crippen molar-refractivity contribution in [3.05, 3.63) is 65.2 Å². The Balaban J connectivity index is 1.72. The number of piperidine rings is 1. The van der Waals surface area contributed by atoms with E-state index in [1.165, 1.54) is 0 Å². The lowest BCUT2D eigenvalue weighted by atomic mass is 9.77. The molecule has 6 nitrogen and oxygen atoms in total. The van der Waals surface area contributed by atoms with Gasteiger partial charge in [-0.05, 0) is 68.6 Å². The zero-order valence-corrected chi connectivity index (χ0v) is 16.4. The van der Waals surface area contributed by atoms with E-state index < -0.39 is 11.6 Å². The molecule has 1 aliphatic heterocycles. The highest BCUT2D eigenvalue weighted by Gasteiger charge is 2.37. The van der Waals surface area contributed by atoms with Crippen molar-refractivity contribution in [2.24, 2.45) is 5.92 Å². The van der Waals surface area contributed by atoms with Gasteiger partial charge in [-0.1, -0.05) is 24.3 Å². The molecule has 2 aromatic rings. The summed E-state index contributed by atoms with van der Waals surface area (Å²) < 4.78 is 0. The van der Waals surface area contributed by atoms with E-state index in [0.717, 1.165) is 31.5 Å². The summed E-state index contributed by atoms with van der Waals surface area (Å²) in [6.45, 7) is 2.04. The molecule has 1 heterocycles. The Morgan fingerprint density at radius 2 is 1.86 bits per heavy atom. The Morgan fingerprint density at radius 1 is 1.17 bits per heavy atom. The fourth-order valence-electron chi connectivity index (χ4n) is 3.97. The van der Waals surface area contributed by atoms with Crippen LogP contribution >= 0.6 is 0 Å². The maximum Gasteiger partial charge on any atom is 0.337 e. The van der Waals surface area contributed by atoms with Crippen molar-refractivity contribution in [1.82, 2.24) is 5.32 Å². The number of rotatable bonds is 8. The SMILES string of the molecule is N#Cc1ccc(CCC(CNc2ccccc2C(=O)O)C2(O)CCNCC2)cc1. The topological polar surface area (TPSA) is 105 Å². The average Bonchev–Trinajstić information content (AvgIpc) is 2.74. The minimum absolute atomic E-state index is 0.0258. The fourth-order valence-corrected chi connectivity index (χ4v) is 3.97. The van der Waals surface area contributed by atoms with Gasteiger partial charge in [0.25, 0.3) is 0 Å². The first-order chi connectivity index (χ1) is 14.0. The quantitative estimate of drug-likeness (QED) is 0.549. The molecule has 0 aliphatic carbocycles. The predicted octanol–water partition coefficient (Wildman–Crippen LogP) is 3.03. The third kappa shape index (κ3) is 5.35. The Kier molecular flexibility index (Phi) is 6.86. The van der Waals surface area contributed by atoms with Gasteiger partial charge in [0, 0.05) is 18.2 Å². The van der Waals surface area contributed by atoms with Gasteiger partial charge in [0.15, 0.2) is 0 Å². The molecule has 2 aromatic carbocycles. The number of aromatic carboxylic acids is 1. The third-order valence-electron chi connectivity index (χ3n) is 5.79. The van der Waals surface area contributed by atoms with E-state index in [4.69, 9.17) is 5.26 Å². The van der Waals surface area contributed by atoms with Crippen LogP contribution in [0, 0.1) is 17.2 Å². The molecular weight excluding hydrogens is 366 g/mol. The number of hydrogen-bond donors (Lipinski definition) is 4. The van der Waals surface area contributed by atoms with Gasteiger partial charge in [0.1, 0.15) is 0 Å². The van der Waals surface area contributed by atoms with Crippen molar-refractivity contribution >= 4 is 11.7 Å². The van der Waals surface area contributed by atoms with Gasteiger partial charge in [-0.15, -0.1) is 0 Å². The number of carboxylic acid groups (broad SMARTS) is 1. The second-order valence-electron chi connectivity index (χ2n) is 7.63. The van der Waals surface area contributed by atoms with Crippen LogP contribution in [0.3, 0.4) is 0 Å². The monoisotopic (exact) mass is 393 g/mol. The summed E-state index contributed by atoms with van der Waals surface area (Å²) in [7, 11) is 0. The van der Waals surface area contributed by atoms with E-state index >= 15 is 0 Å². The average molecular weight is 393 g/mol. The minimum Gasteiger partial charge on any atom is -0.478 e. The molecule has 1 unspecified atom stereocenters. The molecular formula is C23H27N3O3. The summed E-state index contributed by atoms with van der Waals surface area (Å²) in [5.74, 6) is -0.995. The van der Waals surface area contributed by atoms with Crippen LogP contribution in [-0.2, 0) is 6.42 Å². The minimum atomic E-state index is -0.970. The molecule has 0 bridgehead atoms. The normalized spacial score (nSPS) is 16.6. The number of benzene rings is 2. The number of carbonyl (C=O) groups is 1. The molecule has 1 saturated heterocycles. The van der Waals surface area contributed by atoms with Gasteiger partial charge in [0.05, 0.1) is 22.8 Å². The number of anilines is 1. The summed E-state index contributed by atoms with van der Waals surface area (Å²) in [5, 5.41) is 36.2. The second-order valence-corrected chi connectivity index (χ2v) is 7.63. The van der Waals surface area contributed by atoms with Crippen molar-refractivity contribution in [3.8, 4) is 6.07 Å². The summed E-state index contributed by atoms with van der Waals surface area (Å²) in [4.78, 5) is 11.5. The van der Waals surface area contributed by atoms with Gasteiger partial charge in [-0.25, -0.2) is 4.79 Å². The number of nitrogens with zero attached hydrogens (tertiary/aromatic N) is 1. The number of aliphatic hydroxyl groups is 1. The van der Waals surface area contributed by atoms with Crippen molar-refractivity contribution in [1.29, 1.82) is 5.26 Å². The third-order valence-corrected chi connectivity index (χ3v) is 5.79. The van der Waals surface area contributed by atoms with E-state index in [-0.39, 0.29) is 11.5 Å². The lowest BCUT2D eigenvalue weighted by molar-refractivity contribution is -0.0418. The van der Waals surface area contributed by atoms with Gasteiger partial charge < -0.3 is 20.8 Å². The van der Waals surface area contributed by atoms with E-state index in [1.54, 1.807) is 24.3 Å². The number of hydrogen-bond acceptors (Lipinski definition) is 5. The van der Waals surface area contributed by atoms with Crippen molar-refractivity contribution in [3.63, 3.8) is 0 Å². The molecule has 0 radical (unpaired) electrons. The molecule has 1 atom stereocenters. The number of carboxylic acids is 1. The predicted molar refractivity (Wildman–Crippen MR) is 112 cm³/mol. The Labute approximate surface area is 171 Å². The molecule has 29 heavy (non-hydrogen) atoms. The standard InChI is InChI=1S/C23H27N3O3/c24-15-18-7-5-17(6-8-18)9-10-19(23(29)11-13-25-14-12-23)16-26-21-4-2-1-3-20(21)22(27)28/h1-8,19,25-26,29H,9-14,16H2,(H,27,28). The fraction of sp³-hybridized carbons (Fsp3) is 0.391. The maximum atomic E-state index is 11.5. The summed E-state index contributed by atoms with van der Waals surface area (Å²) in [5.41, 5.74) is 1.77. The largest absolute Gasteiger partial charge is 0.478 e. The molecule has 6 heteroatoms. The van der Waals surface area contributed by atoms with Crippen LogP contribution in [0.15, 0.2) is 48.5 Å². The van der Waals surface area contributed by atoms with Crippen LogP contribution in [-0.4, -0.2) is 41.4 Å². The lowest BCUT2D eigenvalue weighted by Gasteiger charge is -2.40. The highest BCUT2D eigenvalue weighted by Crippen LogP contribution is 2.31. The van der Waals surface area contributed by atoms with Crippen LogP contribution in [0.1, 0.15) is 40.7 Å². The van der Waals surface area contributed by atoms with E-state index in [9.17, 15) is 15.0 Å². The van der Waals surface area contributed by atoms with E-state index in [1.807, 2.05) is 24.3 Å². The molecule has 0 spiro atoms. The van der Waals surface area contributed by atoms with Gasteiger partial charge in [-0.2, -0.15) is 5.26 Å². The molecule has 4 N–H and O–H groups in total. The molecule has 1 fully saturated rings. The Morgan fingerprint density at radius 3 is 2.52 bits per heavy atom. The van der Waals surface area contributed by atoms with Crippen LogP contribution in [0.2, 0.25) is 0 Å². The van der Waals surface area contributed by atoms with E-state index in [2.05, 4.69) is 16.7 Å². The number of nitrogens with one attached hydrogen (secondary N) is 2. The lowest BCUT2D eigenvalue weighted by Crippen LogP contribution is -2.49. The highest BCUT2D eigenvalue weighted by molar-refractivity contribution is 5.94. The number of para-hydroxylation sites is 1. The first-order valence-electron chi connectivity index (χ1n) is 10.0. The van der Waals surface area contributed by atoms with Crippen molar-refractivity contribution in [2.45, 2.75) is 31.3 Å². The van der Waals surface area contributed by atoms with Crippen LogP contribution < -0.4 is 10.6 Å². The first-order valence-corrected chi connectivity index (χ1v) is 10.0. The van der Waals surface area contributed by atoms with Crippen LogP contribution in [0.25, 0.3) is 0 Å². The van der Waals surface area contributed by atoms with Crippen LogP contribution in [0.5, 0.6) is 0 Å². The van der Waals surface area contributed by atoms with Gasteiger partial charge in [0.2, 0.25) is 0 Å². The molecule has 0 saturated carbocycles. The zero-order valence-electron chi connectivity index (χ0n) is 16.4. The highest BCUT2D eigenvalue weighted by atomic mass is 16.4. The Bertz CT molecular complexity index is 868. The van der Waals surface area contributed by atoms with Crippen molar-refractivity contribution in [2.75, 3.05) is 25.0 Å². The van der Waals surface area contributed by atoms with Crippen LogP contribution in [0.4, 0.5) is 5.69 Å². The summed E-state index contributed by atoms with van der Waals surface area (Å²) >= 11 is 0. The summed E-state index contributed by atoms with van der Waals surface area (Å²) in [6.07, 6.45) is 2.90. The zero-order chi connectivity index (χ0) is 20.7. The smallest absolute Gasteiger partial charge is 0.337 e. The van der Waals surface area contributed by atoms with Crippen molar-refractivity contribution < 1.29 is 15.0 Å². The first kappa shape index (κ1) is 20.8. The molecule has 0 amide bonds. The second kappa shape index (κ2) is 9.55. The Hall–Kier alpha value is -2.88. The molecule has 0 aromatic heterocycles. The number of aryl methyl sites for hydroxylation is 1. The van der Waals surface area contributed by atoms with E-state index in [0.29, 0.717) is 30.6 Å². The molecule has 1 aliphatic rings. The maximum absolute atomic E-state index is 11.5. The molecule has 3 rings (SSSR count). The van der Waals surface area contributed by atoms with Gasteiger partial charge in [-0.3, -0.25) is 0 Å². The number of nitriles is 1.